The van der Waals surface area contributed by atoms with E-state index in [1.807, 2.05) is 6.07 Å². The standard InChI is InChI=1S/C18H15FN2O3/c1-18(13-5-3-2-4-6-13)16(23)21(17(24)20-18)11-15(22)12-7-9-14(19)10-8-12/h2-10H,11H2,1H3,(H,20,24)/t18-/m0/s1. The van der Waals surface area contributed by atoms with Gasteiger partial charge in [0.25, 0.3) is 5.91 Å². The molecule has 6 heteroatoms. The van der Waals surface area contributed by atoms with Crippen LogP contribution >= 0.6 is 0 Å². The van der Waals surface area contributed by atoms with Crippen molar-refractivity contribution < 1.29 is 18.8 Å². The summed E-state index contributed by atoms with van der Waals surface area (Å²) in [6.07, 6.45) is 0. The maximum Gasteiger partial charge on any atom is 0.325 e. The van der Waals surface area contributed by atoms with Gasteiger partial charge >= 0.3 is 6.03 Å². The summed E-state index contributed by atoms with van der Waals surface area (Å²) in [6, 6.07) is 13.2. The zero-order valence-electron chi connectivity index (χ0n) is 13.0. The van der Waals surface area contributed by atoms with E-state index in [9.17, 15) is 18.8 Å². The van der Waals surface area contributed by atoms with E-state index in [1.165, 1.54) is 12.1 Å². The molecule has 1 heterocycles. The molecule has 0 radical (unpaired) electrons. The highest BCUT2D eigenvalue weighted by atomic mass is 19.1. The van der Waals surface area contributed by atoms with Crippen LogP contribution in [-0.2, 0) is 10.3 Å². The molecule has 1 saturated heterocycles. The largest absolute Gasteiger partial charge is 0.325 e. The molecule has 3 amide bonds. The van der Waals surface area contributed by atoms with Gasteiger partial charge in [0.15, 0.2) is 5.78 Å². The first kappa shape index (κ1) is 15.9. The van der Waals surface area contributed by atoms with E-state index in [-0.39, 0.29) is 5.56 Å². The van der Waals surface area contributed by atoms with E-state index < -0.39 is 35.6 Å². The van der Waals surface area contributed by atoms with Crippen LogP contribution in [0.1, 0.15) is 22.8 Å². The Morgan fingerprint density at radius 3 is 2.33 bits per heavy atom. The average Bonchev–Trinajstić information content (AvgIpc) is 2.80. The summed E-state index contributed by atoms with van der Waals surface area (Å²) in [4.78, 5) is 38.0. The third-order valence-corrected chi connectivity index (χ3v) is 4.09. The van der Waals surface area contributed by atoms with Crippen LogP contribution in [0.5, 0.6) is 0 Å². The Labute approximate surface area is 138 Å². The average molecular weight is 326 g/mol. The minimum atomic E-state index is -1.21. The number of urea groups is 1. The number of halogens is 1. The second-order valence-electron chi connectivity index (χ2n) is 5.74. The third-order valence-electron chi connectivity index (χ3n) is 4.09. The van der Waals surface area contributed by atoms with E-state index in [0.717, 1.165) is 17.0 Å². The number of carbonyl (C=O) groups is 3. The fourth-order valence-corrected chi connectivity index (χ4v) is 2.68. The lowest BCUT2D eigenvalue weighted by Crippen LogP contribution is -2.41. The van der Waals surface area contributed by atoms with Gasteiger partial charge in [-0.05, 0) is 36.8 Å². The molecule has 0 aromatic heterocycles. The van der Waals surface area contributed by atoms with Gasteiger partial charge in [-0.25, -0.2) is 9.18 Å². The Morgan fingerprint density at radius 2 is 1.71 bits per heavy atom. The molecule has 1 atom stereocenters. The van der Waals surface area contributed by atoms with Crippen molar-refractivity contribution in [3.8, 4) is 0 Å². The number of benzene rings is 2. The van der Waals surface area contributed by atoms with Crippen molar-refractivity contribution in [2.24, 2.45) is 0 Å². The topological polar surface area (TPSA) is 66.5 Å². The fourth-order valence-electron chi connectivity index (χ4n) is 2.68. The minimum Gasteiger partial charge on any atom is -0.319 e. The Balaban J connectivity index is 1.82. The molecular weight excluding hydrogens is 311 g/mol. The fraction of sp³-hybridized carbons (Fsp3) is 0.167. The smallest absolute Gasteiger partial charge is 0.319 e. The molecule has 2 aromatic carbocycles. The summed E-state index contributed by atoms with van der Waals surface area (Å²) in [5.41, 5.74) is -0.327. The summed E-state index contributed by atoms with van der Waals surface area (Å²) in [5, 5.41) is 2.64. The summed E-state index contributed by atoms with van der Waals surface area (Å²) in [6.45, 7) is 1.21. The first-order chi connectivity index (χ1) is 11.4. The van der Waals surface area contributed by atoms with Crippen molar-refractivity contribution in [3.63, 3.8) is 0 Å². The van der Waals surface area contributed by atoms with Gasteiger partial charge in [0.2, 0.25) is 0 Å². The summed E-state index contributed by atoms with van der Waals surface area (Å²) < 4.78 is 12.9. The van der Waals surface area contributed by atoms with Gasteiger partial charge in [-0.3, -0.25) is 14.5 Å². The molecule has 3 rings (SSSR count). The van der Waals surface area contributed by atoms with E-state index in [2.05, 4.69) is 5.32 Å². The Morgan fingerprint density at radius 1 is 1.08 bits per heavy atom. The Bertz CT molecular complexity index is 805. The lowest BCUT2D eigenvalue weighted by atomic mass is 9.92. The Kier molecular flexibility index (Phi) is 3.89. The van der Waals surface area contributed by atoms with Gasteiger partial charge < -0.3 is 5.32 Å². The normalized spacial score (nSPS) is 20.2. The number of amides is 3. The monoisotopic (exact) mass is 326 g/mol. The molecule has 0 spiro atoms. The molecular formula is C18H15FN2O3. The first-order valence-electron chi connectivity index (χ1n) is 7.40. The molecule has 0 aliphatic carbocycles. The lowest BCUT2D eigenvalue weighted by molar-refractivity contribution is -0.130. The van der Waals surface area contributed by atoms with Gasteiger partial charge in [-0.2, -0.15) is 0 Å². The summed E-state index contributed by atoms with van der Waals surface area (Å²) in [7, 11) is 0. The van der Waals surface area contributed by atoms with Crippen molar-refractivity contribution in [3.05, 3.63) is 71.5 Å². The second kappa shape index (κ2) is 5.88. The molecule has 24 heavy (non-hydrogen) atoms. The first-order valence-corrected chi connectivity index (χ1v) is 7.40. The lowest BCUT2D eigenvalue weighted by Gasteiger charge is -2.22. The SMILES string of the molecule is C[C@@]1(c2ccccc2)NC(=O)N(CC(=O)c2ccc(F)cc2)C1=O. The maximum absolute atomic E-state index is 12.9. The molecule has 0 saturated carbocycles. The number of rotatable bonds is 4. The number of nitrogens with zero attached hydrogens (tertiary/aromatic N) is 1. The molecule has 1 aliphatic heterocycles. The van der Waals surface area contributed by atoms with E-state index in [4.69, 9.17) is 0 Å². The van der Waals surface area contributed by atoms with Crippen molar-refractivity contribution in [1.29, 1.82) is 0 Å². The van der Waals surface area contributed by atoms with Crippen molar-refractivity contribution in [2.75, 3.05) is 6.54 Å². The highest BCUT2D eigenvalue weighted by Gasteiger charge is 2.49. The van der Waals surface area contributed by atoms with Gasteiger partial charge in [0.05, 0.1) is 6.54 Å². The van der Waals surface area contributed by atoms with Gasteiger partial charge in [0.1, 0.15) is 11.4 Å². The molecule has 122 valence electrons. The van der Waals surface area contributed by atoms with Gasteiger partial charge in [-0.15, -0.1) is 0 Å². The highest BCUT2D eigenvalue weighted by Crippen LogP contribution is 2.28. The Hall–Kier alpha value is -3.02. The van der Waals surface area contributed by atoms with Gasteiger partial charge in [-0.1, -0.05) is 30.3 Å². The van der Waals surface area contributed by atoms with Crippen LogP contribution in [0.25, 0.3) is 0 Å². The predicted octanol–water partition coefficient (Wildman–Crippen LogP) is 2.48. The van der Waals surface area contributed by atoms with Crippen LogP contribution in [0.15, 0.2) is 54.6 Å². The predicted molar refractivity (Wildman–Crippen MR) is 84.8 cm³/mol. The van der Waals surface area contributed by atoms with E-state index in [1.54, 1.807) is 31.2 Å². The van der Waals surface area contributed by atoms with Crippen LogP contribution in [0.2, 0.25) is 0 Å². The van der Waals surface area contributed by atoms with Crippen LogP contribution in [0.4, 0.5) is 9.18 Å². The zero-order chi connectivity index (χ0) is 17.3. The molecule has 1 aliphatic rings. The van der Waals surface area contributed by atoms with Crippen LogP contribution in [0, 0.1) is 5.82 Å². The zero-order valence-corrected chi connectivity index (χ0v) is 13.0. The number of imide groups is 1. The minimum absolute atomic E-state index is 0.241. The summed E-state index contributed by atoms with van der Waals surface area (Å²) >= 11 is 0. The highest BCUT2D eigenvalue weighted by molar-refractivity contribution is 6.11. The maximum atomic E-state index is 12.9. The van der Waals surface area contributed by atoms with E-state index in [0.29, 0.717) is 5.56 Å². The van der Waals surface area contributed by atoms with E-state index >= 15 is 0 Å². The van der Waals surface area contributed by atoms with Crippen molar-refractivity contribution >= 4 is 17.7 Å². The number of carbonyl (C=O) groups excluding carboxylic acids is 3. The van der Waals surface area contributed by atoms with Gasteiger partial charge in [0, 0.05) is 5.56 Å². The molecule has 0 unspecified atom stereocenters. The van der Waals surface area contributed by atoms with Crippen LogP contribution in [-0.4, -0.2) is 29.2 Å². The number of nitrogens with one attached hydrogen (secondary N) is 1. The van der Waals surface area contributed by atoms with Crippen molar-refractivity contribution in [2.45, 2.75) is 12.5 Å². The quantitative estimate of drug-likeness (QED) is 0.693. The summed E-state index contributed by atoms with van der Waals surface area (Å²) in [5.74, 6) is -1.39. The third kappa shape index (κ3) is 2.67. The molecule has 0 bridgehead atoms. The number of hydrogen-bond acceptors (Lipinski definition) is 3. The van der Waals surface area contributed by atoms with Crippen LogP contribution < -0.4 is 5.32 Å². The van der Waals surface area contributed by atoms with Crippen LogP contribution in [0.3, 0.4) is 0 Å². The van der Waals surface area contributed by atoms with Crippen molar-refractivity contribution in [1.82, 2.24) is 10.2 Å². The number of Topliss-reactive ketones (excluding diaryl/α,β-unsaturated/α-hetero) is 1. The number of ketones is 1. The molecule has 1 fully saturated rings. The molecule has 2 aromatic rings. The second-order valence-corrected chi connectivity index (χ2v) is 5.74. The number of hydrogen-bond donors (Lipinski definition) is 1. The molecule has 1 N–H and O–H groups in total. The molecule has 5 nitrogen and oxygen atoms in total.